The molecule has 2 rings (SSSR count). The quantitative estimate of drug-likeness (QED) is 0.869. The predicted octanol–water partition coefficient (Wildman–Crippen LogP) is 1.63. The SMILES string of the molecule is CCCn1ncnc1CC(N)c1cncc(C)c1. The number of nitrogens with two attached hydrogens (primary N) is 1. The largest absolute Gasteiger partial charge is 0.324 e. The third kappa shape index (κ3) is 2.92. The third-order valence-corrected chi connectivity index (χ3v) is 2.86. The summed E-state index contributed by atoms with van der Waals surface area (Å²) >= 11 is 0. The Labute approximate surface area is 107 Å². The van der Waals surface area contributed by atoms with Crippen molar-refractivity contribution in [1.82, 2.24) is 19.7 Å². The van der Waals surface area contributed by atoms with Gasteiger partial charge in [0.15, 0.2) is 0 Å². The maximum atomic E-state index is 6.20. The molecular weight excluding hydrogens is 226 g/mol. The van der Waals surface area contributed by atoms with Crippen molar-refractivity contribution in [2.45, 2.75) is 39.3 Å². The molecule has 0 aromatic carbocycles. The summed E-state index contributed by atoms with van der Waals surface area (Å²) in [7, 11) is 0. The van der Waals surface area contributed by atoms with Crippen molar-refractivity contribution in [3.63, 3.8) is 0 Å². The lowest BCUT2D eigenvalue weighted by Crippen LogP contribution is -2.17. The lowest BCUT2D eigenvalue weighted by Gasteiger charge is -2.12. The molecule has 2 aromatic rings. The molecule has 0 amide bonds. The average molecular weight is 245 g/mol. The standard InChI is InChI=1S/C13H19N5/c1-3-4-18-13(16-9-17-18)6-12(14)11-5-10(2)7-15-8-11/h5,7-9,12H,3-4,6,14H2,1-2H3. The highest BCUT2D eigenvalue weighted by molar-refractivity contribution is 5.20. The van der Waals surface area contributed by atoms with Crippen molar-refractivity contribution in [1.29, 1.82) is 0 Å². The molecule has 0 fully saturated rings. The van der Waals surface area contributed by atoms with E-state index < -0.39 is 0 Å². The molecule has 0 saturated carbocycles. The van der Waals surface area contributed by atoms with Gasteiger partial charge in [-0.15, -0.1) is 0 Å². The van der Waals surface area contributed by atoms with Crippen LogP contribution in [-0.4, -0.2) is 19.7 Å². The molecule has 0 aliphatic carbocycles. The summed E-state index contributed by atoms with van der Waals surface area (Å²) in [5, 5.41) is 4.20. The minimum atomic E-state index is -0.0859. The fourth-order valence-electron chi connectivity index (χ4n) is 1.94. The Balaban J connectivity index is 2.11. The van der Waals surface area contributed by atoms with E-state index in [4.69, 9.17) is 5.73 Å². The summed E-state index contributed by atoms with van der Waals surface area (Å²) in [5.74, 6) is 0.936. The van der Waals surface area contributed by atoms with Gasteiger partial charge in [0.2, 0.25) is 0 Å². The van der Waals surface area contributed by atoms with Crippen LogP contribution >= 0.6 is 0 Å². The van der Waals surface area contributed by atoms with Crippen LogP contribution in [0.25, 0.3) is 0 Å². The van der Waals surface area contributed by atoms with E-state index in [9.17, 15) is 0 Å². The van der Waals surface area contributed by atoms with Gasteiger partial charge >= 0.3 is 0 Å². The van der Waals surface area contributed by atoms with Crippen LogP contribution in [0.15, 0.2) is 24.8 Å². The molecule has 0 spiro atoms. The van der Waals surface area contributed by atoms with Crippen LogP contribution in [-0.2, 0) is 13.0 Å². The molecule has 2 aromatic heterocycles. The fraction of sp³-hybridized carbons (Fsp3) is 0.462. The maximum absolute atomic E-state index is 6.20. The van der Waals surface area contributed by atoms with Gasteiger partial charge in [0.25, 0.3) is 0 Å². The van der Waals surface area contributed by atoms with Gasteiger partial charge in [-0.1, -0.05) is 13.0 Å². The number of nitrogens with zero attached hydrogens (tertiary/aromatic N) is 4. The molecule has 2 heterocycles. The van der Waals surface area contributed by atoms with Crippen LogP contribution in [0.2, 0.25) is 0 Å². The molecule has 0 radical (unpaired) electrons. The van der Waals surface area contributed by atoms with Crippen LogP contribution in [0.5, 0.6) is 0 Å². The highest BCUT2D eigenvalue weighted by Crippen LogP contribution is 2.15. The second-order valence-corrected chi connectivity index (χ2v) is 4.51. The Morgan fingerprint density at radius 1 is 1.39 bits per heavy atom. The van der Waals surface area contributed by atoms with Crippen molar-refractivity contribution in [3.05, 3.63) is 41.7 Å². The topological polar surface area (TPSA) is 69.6 Å². The highest BCUT2D eigenvalue weighted by atomic mass is 15.3. The van der Waals surface area contributed by atoms with Crippen LogP contribution < -0.4 is 5.73 Å². The first-order valence-electron chi connectivity index (χ1n) is 6.24. The molecule has 0 aliphatic heterocycles. The van der Waals surface area contributed by atoms with Crippen LogP contribution in [0.4, 0.5) is 0 Å². The van der Waals surface area contributed by atoms with Crippen molar-refractivity contribution in [2.75, 3.05) is 0 Å². The molecule has 0 bridgehead atoms. The second-order valence-electron chi connectivity index (χ2n) is 4.51. The number of aromatic nitrogens is 4. The smallest absolute Gasteiger partial charge is 0.138 e. The lowest BCUT2D eigenvalue weighted by atomic mass is 10.1. The van der Waals surface area contributed by atoms with Gasteiger partial charge in [-0.2, -0.15) is 5.10 Å². The zero-order valence-corrected chi connectivity index (χ0v) is 10.9. The molecule has 18 heavy (non-hydrogen) atoms. The van der Waals surface area contributed by atoms with E-state index in [0.717, 1.165) is 29.9 Å². The maximum Gasteiger partial charge on any atom is 0.138 e. The molecule has 5 heteroatoms. The van der Waals surface area contributed by atoms with Gasteiger partial charge in [-0.25, -0.2) is 4.98 Å². The number of pyridine rings is 1. The Bertz CT molecular complexity index is 506. The van der Waals surface area contributed by atoms with Crippen molar-refractivity contribution in [3.8, 4) is 0 Å². The van der Waals surface area contributed by atoms with Gasteiger partial charge in [0.1, 0.15) is 12.2 Å². The Morgan fingerprint density at radius 3 is 2.94 bits per heavy atom. The van der Waals surface area contributed by atoms with E-state index in [1.54, 1.807) is 6.33 Å². The molecule has 2 N–H and O–H groups in total. The van der Waals surface area contributed by atoms with Gasteiger partial charge in [0, 0.05) is 31.4 Å². The Morgan fingerprint density at radius 2 is 2.22 bits per heavy atom. The summed E-state index contributed by atoms with van der Waals surface area (Å²) in [6.07, 6.45) is 6.96. The van der Waals surface area contributed by atoms with E-state index in [-0.39, 0.29) is 6.04 Å². The monoisotopic (exact) mass is 245 g/mol. The van der Waals surface area contributed by atoms with Gasteiger partial charge < -0.3 is 5.73 Å². The van der Waals surface area contributed by atoms with E-state index in [2.05, 4.69) is 28.1 Å². The average Bonchev–Trinajstić information content (AvgIpc) is 2.77. The van der Waals surface area contributed by atoms with Crippen molar-refractivity contribution < 1.29 is 0 Å². The highest BCUT2D eigenvalue weighted by Gasteiger charge is 2.12. The van der Waals surface area contributed by atoms with E-state index in [0.29, 0.717) is 6.42 Å². The number of aryl methyl sites for hydroxylation is 2. The van der Waals surface area contributed by atoms with Crippen molar-refractivity contribution in [2.24, 2.45) is 5.73 Å². The first-order chi connectivity index (χ1) is 8.70. The summed E-state index contributed by atoms with van der Waals surface area (Å²) in [4.78, 5) is 8.44. The summed E-state index contributed by atoms with van der Waals surface area (Å²) in [5.41, 5.74) is 8.36. The van der Waals surface area contributed by atoms with Crippen LogP contribution in [0, 0.1) is 6.92 Å². The second kappa shape index (κ2) is 5.73. The first kappa shape index (κ1) is 12.7. The predicted molar refractivity (Wildman–Crippen MR) is 69.9 cm³/mol. The normalized spacial score (nSPS) is 12.6. The first-order valence-corrected chi connectivity index (χ1v) is 6.24. The summed E-state index contributed by atoms with van der Waals surface area (Å²) < 4.78 is 1.92. The Hall–Kier alpha value is -1.75. The number of rotatable bonds is 5. The molecule has 5 nitrogen and oxygen atoms in total. The third-order valence-electron chi connectivity index (χ3n) is 2.86. The summed E-state index contributed by atoms with van der Waals surface area (Å²) in [6.45, 7) is 5.02. The zero-order chi connectivity index (χ0) is 13.0. The van der Waals surface area contributed by atoms with E-state index >= 15 is 0 Å². The van der Waals surface area contributed by atoms with Crippen LogP contribution in [0.1, 0.15) is 36.3 Å². The van der Waals surface area contributed by atoms with E-state index in [1.807, 2.05) is 24.0 Å². The minimum absolute atomic E-state index is 0.0859. The van der Waals surface area contributed by atoms with Crippen molar-refractivity contribution >= 4 is 0 Å². The van der Waals surface area contributed by atoms with Gasteiger partial charge in [-0.05, 0) is 24.5 Å². The number of hydrogen-bond acceptors (Lipinski definition) is 4. The summed E-state index contributed by atoms with van der Waals surface area (Å²) in [6, 6.07) is 1.98. The molecule has 0 saturated heterocycles. The lowest BCUT2D eigenvalue weighted by molar-refractivity contribution is 0.547. The molecule has 1 atom stereocenters. The van der Waals surface area contributed by atoms with Gasteiger partial charge in [0.05, 0.1) is 0 Å². The molecular formula is C13H19N5. The Kier molecular flexibility index (Phi) is 4.04. The number of hydrogen-bond donors (Lipinski definition) is 1. The molecule has 1 unspecified atom stereocenters. The molecule has 0 aliphatic rings. The van der Waals surface area contributed by atoms with Crippen LogP contribution in [0.3, 0.4) is 0 Å². The molecule has 96 valence electrons. The van der Waals surface area contributed by atoms with E-state index in [1.165, 1.54) is 0 Å². The fourth-order valence-corrected chi connectivity index (χ4v) is 1.94. The zero-order valence-electron chi connectivity index (χ0n) is 10.9. The van der Waals surface area contributed by atoms with Gasteiger partial charge in [-0.3, -0.25) is 9.67 Å². The minimum Gasteiger partial charge on any atom is -0.324 e.